The molecule has 0 aliphatic heterocycles. The van der Waals surface area contributed by atoms with Crippen molar-refractivity contribution in [3.8, 4) is 0 Å². The first kappa shape index (κ1) is 21.7. The first-order valence-electron chi connectivity index (χ1n) is 9.45. The Balaban J connectivity index is 1.59. The van der Waals surface area contributed by atoms with E-state index >= 15 is 0 Å². The number of halogens is 1. The molecule has 0 aliphatic carbocycles. The molecule has 2 aromatic carbocycles. The van der Waals surface area contributed by atoms with E-state index in [1.54, 1.807) is 12.1 Å². The fraction of sp³-hybridized carbons (Fsp3) is 0.273. The van der Waals surface area contributed by atoms with Crippen molar-refractivity contribution in [2.45, 2.75) is 37.8 Å². The Bertz CT molecular complexity index is 1090. The topological polar surface area (TPSA) is 87.7 Å². The Labute approximate surface area is 178 Å². The van der Waals surface area contributed by atoms with Gasteiger partial charge in [-0.15, -0.1) is 10.2 Å². The van der Waals surface area contributed by atoms with Crippen LogP contribution in [0.2, 0.25) is 0 Å². The normalized spacial score (nSPS) is 11.3. The minimum Gasteiger partial charge on any atom is -0.323 e. The molecule has 8 heteroatoms. The van der Waals surface area contributed by atoms with Crippen molar-refractivity contribution in [1.82, 2.24) is 15.2 Å². The van der Waals surface area contributed by atoms with Crippen LogP contribution < -0.4 is 10.9 Å². The second kappa shape index (κ2) is 9.21. The number of benzene rings is 2. The number of amides is 1. The highest BCUT2D eigenvalue weighted by molar-refractivity contribution is 7.99. The summed E-state index contributed by atoms with van der Waals surface area (Å²) in [5.74, 6) is -0.952. The van der Waals surface area contributed by atoms with Gasteiger partial charge in [0.2, 0.25) is 5.91 Å². The van der Waals surface area contributed by atoms with Crippen LogP contribution in [0.15, 0.2) is 58.5 Å². The molecule has 0 aliphatic rings. The summed E-state index contributed by atoms with van der Waals surface area (Å²) in [6, 6.07) is 14.0. The number of aromatic amines is 1. The summed E-state index contributed by atoms with van der Waals surface area (Å²) in [7, 11) is 0. The number of hydrogen-bond acceptors (Lipinski definition) is 5. The smallest absolute Gasteiger partial charge is 0.273 e. The molecule has 1 heterocycles. The third-order valence-electron chi connectivity index (χ3n) is 4.42. The van der Waals surface area contributed by atoms with Gasteiger partial charge in [-0.2, -0.15) is 0 Å². The van der Waals surface area contributed by atoms with Gasteiger partial charge in [0, 0.05) is 6.42 Å². The molecule has 0 unspecified atom stereocenters. The molecule has 0 saturated heterocycles. The van der Waals surface area contributed by atoms with Gasteiger partial charge in [-0.05, 0) is 28.7 Å². The highest BCUT2D eigenvalue weighted by Gasteiger charge is 2.14. The van der Waals surface area contributed by atoms with Gasteiger partial charge in [0.15, 0.2) is 5.16 Å². The number of para-hydroxylation sites is 1. The van der Waals surface area contributed by atoms with Crippen LogP contribution in [0.3, 0.4) is 0 Å². The quantitative estimate of drug-likeness (QED) is 0.583. The predicted molar refractivity (Wildman–Crippen MR) is 116 cm³/mol. The van der Waals surface area contributed by atoms with E-state index in [1.165, 1.54) is 17.7 Å². The molecular formula is C22H23FN4O2S. The van der Waals surface area contributed by atoms with Gasteiger partial charge < -0.3 is 5.32 Å². The molecule has 1 amide bonds. The average Bonchev–Trinajstić information content (AvgIpc) is 2.70. The van der Waals surface area contributed by atoms with E-state index < -0.39 is 11.7 Å². The van der Waals surface area contributed by atoms with Gasteiger partial charge in [0.05, 0.1) is 11.4 Å². The fourth-order valence-corrected chi connectivity index (χ4v) is 3.33. The van der Waals surface area contributed by atoms with Crippen LogP contribution in [-0.4, -0.2) is 26.8 Å². The van der Waals surface area contributed by atoms with Crippen molar-refractivity contribution in [2.24, 2.45) is 0 Å². The molecule has 3 aromatic rings. The molecule has 6 nitrogen and oxygen atoms in total. The summed E-state index contributed by atoms with van der Waals surface area (Å²) in [6.45, 7) is 6.43. The number of rotatable bonds is 6. The molecule has 0 fully saturated rings. The van der Waals surface area contributed by atoms with Crippen LogP contribution in [0.4, 0.5) is 10.1 Å². The Morgan fingerprint density at radius 2 is 1.80 bits per heavy atom. The van der Waals surface area contributed by atoms with Crippen LogP contribution in [0.25, 0.3) is 0 Å². The number of carbonyl (C=O) groups excluding carboxylic acids is 1. The molecular weight excluding hydrogens is 403 g/mol. The lowest BCUT2D eigenvalue weighted by Gasteiger charge is -2.19. The van der Waals surface area contributed by atoms with Crippen LogP contribution in [-0.2, 0) is 16.6 Å². The Morgan fingerprint density at radius 3 is 2.43 bits per heavy atom. The first-order valence-corrected chi connectivity index (χ1v) is 10.4. The zero-order chi connectivity index (χ0) is 21.7. The lowest BCUT2D eigenvalue weighted by molar-refractivity contribution is -0.113. The molecule has 0 saturated carbocycles. The summed E-state index contributed by atoms with van der Waals surface area (Å²) < 4.78 is 13.6. The van der Waals surface area contributed by atoms with Gasteiger partial charge in [-0.25, -0.2) is 4.39 Å². The van der Waals surface area contributed by atoms with Crippen LogP contribution in [0.5, 0.6) is 0 Å². The molecule has 156 valence electrons. The number of nitrogens with one attached hydrogen (secondary N) is 2. The SMILES string of the molecule is CC(C)(C)c1ccc(Cc2nnc(SCC(=O)Nc3ccccc3F)[nH]c2=O)cc1. The third kappa shape index (κ3) is 5.76. The summed E-state index contributed by atoms with van der Waals surface area (Å²) in [5.41, 5.74) is 2.31. The van der Waals surface area contributed by atoms with Gasteiger partial charge in [-0.1, -0.05) is 68.9 Å². The predicted octanol–water partition coefficient (Wildman–Crippen LogP) is 3.92. The molecule has 0 spiro atoms. The lowest BCUT2D eigenvalue weighted by atomic mass is 9.86. The van der Waals surface area contributed by atoms with E-state index in [2.05, 4.69) is 53.4 Å². The van der Waals surface area contributed by atoms with E-state index in [0.717, 1.165) is 17.3 Å². The van der Waals surface area contributed by atoms with Crippen molar-refractivity contribution in [1.29, 1.82) is 0 Å². The van der Waals surface area contributed by atoms with Gasteiger partial charge in [0.25, 0.3) is 5.56 Å². The standard InChI is InChI=1S/C22H23FN4O2S/c1-22(2,3)15-10-8-14(9-11-15)12-18-20(29)25-21(27-26-18)30-13-19(28)24-17-7-5-4-6-16(17)23/h4-11H,12-13H2,1-3H3,(H,24,28)(H,25,27,29). The van der Waals surface area contributed by atoms with Crippen molar-refractivity contribution in [3.63, 3.8) is 0 Å². The molecule has 3 rings (SSSR count). The molecule has 0 atom stereocenters. The van der Waals surface area contributed by atoms with E-state index in [0.29, 0.717) is 12.1 Å². The highest BCUT2D eigenvalue weighted by atomic mass is 32.2. The van der Waals surface area contributed by atoms with E-state index in [4.69, 9.17) is 0 Å². The largest absolute Gasteiger partial charge is 0.323 e. The first-order chi connectivity index (χ1) is 14.2. The van der Waals surface area contributed by atoms with Gasteiger partial charge in [-0.3, -0.25) is 14.6 Å². The van der Waals surface area contributed by atoms with Crippen molar-refractivity contribution in [3.05, 3.63) is 81.5 Å². The van der Waals surface area contributed by atoms with Crippen LogP contribution >= 0.6 is 11.8 Å². The zero-order valence-corrected chi connectivity index (χ0v) is 17.8. The highest BCUT2D eigenvalue weighted by Crippen LogP contribution is 2.22. The molecule has 1 aromatic heterocycles. The maximum Gasteiger partial charge on any atom is 0.273 e. The number of aromatic nitrogens is 3. The molecule has 2 N–H and O–H groups in total. The lowest BCUT2D eigenvalue weighted by Crippen LogP contribution is -2.19. The van der Waals surface area contributed by atoms with E-state index in [1.807, 2.05) is 12.1 Å². The Morgan fingerprint density at radius 1 is 1.10 bits per heavy atom. The molecule has 0 bridgehead atoms. The second-order valence-corrected chi connectivity index (χ2v) is 8.81. The van der Waals surface area contributed by atoms with Gasteiger partial charge in [0.1, 0.15) is 11.5 Å². The van der Waals surface area contributed by atoms with Crippen molar-refractivity contribution < 1.29 is 9.18 Å². The van der Waals surface area contributed by atoms with Gasteiger partial charge >= 0.3 is 0 Å². The van der Waals surface area contributed by atoms with Crippen LogP contribution in [0, 0.1) is 5.82 Å². The Hall–Kier alpha value is -3.00. The molecule has 30 heavy (non-hydrogen) atoms. The van der Waals surface area contributed by atoms with Crippen molar-refractivity contribution in [2.75, 3.05) is 11.1 Å². The monoisotopic (exact) mass is 426 g/mol. The van der Waals surface area contributed by atoms with Crippen LogP contribution in [0.1, 0.15) is 37.6 Å². The number of carbonyl (C=O) groups is 1. The van der Waals surface area contributed by atoms with Crippen molar-refractivity contribution >= 4 is 23.4 Å². The summed E-state index contributed by atoms with van der Waals surface area (Å²) in [5, 5.41) is 10.7. The number of thioether (sulfide) groups is 1. The zero-order valence-electron chi connectivity index (χ0n) is 17.0. The Kier molecular flexibility index (Phi) is 6.66. The maximum absolute atomic E-state index is 13.6. The second-order valence-electron chi connectivity index (χ2n) is 7.85. The summed E-state index contributed by atoms with van der Waals surface area (Å²) in [6.07, 6.45) is 0.367. The number of hydrogen-bond donors (Lipinski definition) is 2. The number of H-pyrrole nitrogens is 1. The third-order valence-corrected chi connectivity index (χ3v) is 5.29. The summed E-state index contributed by atoms with van der Waals surface area (Å²) >= 11 is 1.02. The number of nitrogens with zero attached hydrogens (tertiary/aromatic N) is 2. The maximum atomic E-state index is 13.6. The fourth-order valence-electron chi connectivity index (χ4n) is 2.72. The minimum atomic E-state index is -0.510. The summed E-state index contributed by atoms with van der Waals surface area (Å²) in [4.78, 5) is 27.0. The van der Waals surface area contributed by atoms with E-state index in [-0.39, 0.29) is 27.6 Å². The average molecular weight is 427 g/mol. The number of anilines is 1. The van der Waals surface area contributed by atoms with E-state index in [9.17, 15) is 14.0 Å². The minimum absolute atomic E-state index is 0.0352. The molecule has 0 radical (unpaired) electrons.